The van der Waals surface area contributed by atoms with Crippen molar-refractivity contribution in [2.45, 2.75) is 31.6 Å². The zero-order valence-electron chi connectivity index (χ0n) is 9.19. The summed E-state index contributed by atoms with van der Waals surface area (Å²) in [7, 11) is 0. The van der Waals surface area contributed by atoms with E-state index < -0.39 is 0 Å². The molecule has 3 rings (SSSR count). The normalized spacial score (nSPS) is 17.0. The van der Waals surface area contributed by atoms with Crippen LogP contribution in [0.25, 0.3) is 10.9 Å². The number of phenols is 1. The van der Waals surface area contributed by atoms with Gasteiger partial charge >= 0.3 is 0 Å². The number of phenolic OH excluding ortho intramolecular Hbond substituents is 1. The van der Waals surface area contributed by atoms with Crippen LogP contribution >= 0.6 is 0 Å². The molecule has 1 aliphatic carbocycles. The average Bonchev–Trinajstić information content (AvgIpc) is 2.82. The number of hydrogen-bond acceptors (Lipinski definition) is 2. The van der Waals surface area contributed by atoms with E-state index >= 15 is 0 Å². The Hall–Kier alpha value is -1.57. The number of fused-ring (bicyclic) bond motifs is 1. The van der Waals surface area contributed by atoms with Gasteiger partial charge in [0.15, 0.2) is 0 Å². The first-order valence-corrected chi connectivity index (χ1v) is 5.91. The maximum Gasteiger partial charge on any atom is 0.117 e. The first kappa shape index (κ1) is 9.64. The maximum absolute atomic E-state index is 9.37. The van der Waals surface area contributed by atoms with Gasteiger partial charge in [-0.05, 0) is 42.5 Å². The van der Waals surface area contributed by atoms with E-state index in [1.807, 2.05) is 12.3 Å². The maximum atomic E-state index is 9.37. The Morgan fingerprint density at radius 3 is 2.75 bits per heavy atom. The molecule has 0 bridgehead atoms. The summed E-state index contributed by atoms with van der Waals surface area (Å²) in [6, 6.07) is 7.60. The van der Waals surface area contributed by atoms with Gasteiger partial charge in [0.1, 0.15) is 5.75 Å². The molecule has 0 radical (unpaired) electrons. The highest BCUT2D eigenvalue weighted by atomic mass is 16.3. The quantitative estimate of drug-likeness (QED) is 0.785. The van der Waals surface area contributed by atoms with Gasteiger partial charge in [-0.3, -0.25) is 4.98 Å². The fourth-order valence-corrected chi connectivity index (χ4v) is 2.61. The average molecular weight is 213 g/mol. The van der Waals surface area contributed by atoms with Crippen LogP contribution in [0.4, 0.5) is 0 Å². The van der Waals surface area contributed by atoms with Gasteiger partial charge in [-0.15, -0.1) is 0 Å². The summed E-state index contributed by atoms with van der Waals surface area (Å²) in [6.07, 6.45) is 7.25. The van der Waals surface area contributed by atoms with Crippen LogP contribution in [-0.2, 0) is 0 Å². The Kier molecular flexibility index (Phi) is 2.28. The van der Waals surface area contributed by atoms with Crippen LogP contribution in [-0.4, -0.2) is 10.1 Å². The number of benzene rings is 1. The third-order valence-electron chi connectivity index (χ3n) is 3.52. The predicted octanol–water partition coefficient (Wildman–Crippen LogP) is 3.60. The summed E-state index contributed by atoms with van der Waals surface area (Å²) in [5, 5.41) is 10.5. The fraction of sp³-hybridized carbons (Fsp3) is 0.357. The molecule has 1 fully saturated rings. The van der Waals surface area contributed by atoms with E-state index in [0.717, 1.165) is 10.9 Å². The van der Waals surface area contributed by atoms with Crippen LogP contribution in [0.5, 0.6) is 5.75 Å². The first-order valence-electron chi connectivity index (χ1n) is 5.91. The van der Waals surface area contributed by atoms with E-state index in [4.69, 9.17) is 0 Å². The molecule has 2 nitrogen and oxygen atoms in total. The highest BCUT2D eigenvalue weighted by Crippen LogP contribution is 2.34. The Labute approximate surface area is 94.9 Å². The van der Waals surface area contributed by atoms with E-state index in [-0.39, 0.29) is 5.75 Å². The van der Waals surface area contributed by atoms with Crippen molar-refractivity contribution in [1.82, 2.24) is 4.98 Å². The minimum Gasteiger partial charge on any atom is -0.508 e. The van der Waals surface area contributed by atoms with Crippen LogP contribution in [0, 0.1) is 0 Å². The molecular formula is C14H15NO. The second kappa shape index (κ2) is 3.78. The standard InChI is InChI=1S/C14H15NO/c16-13-6-5-11-7-12(9-15-14(11)8-13)10-3-1-2-4-10/h5-10,16H,1-4H2. The molecule has 1 aromatic carbocycles. The molecule has 0 amide bonds. The van der Waals surface area contributed by atoms with Crippen LogP contribution in [0.15, 0.2) is 30.5 Å². The van der Waals surface area contributed by atoms with Crippen LogP contribution in [0.1, 0.15) is 37.2 Å². The predicted molar refractivity (Wildman–Crippen MR) is 64.6 cm³/mol. The van der Waals surface area contributed by atoms with Crippen molar-refractivity contribution < 1.29 is 5.11 Å². The Bertz CT molecular complexity index is 515. The third kappa shape index (κ3) is 1.64. The summed E-state index contributed by atoms with van der Waals surface area (Å²) in [5.74, 6) is 0.985. The first-order chi connectivity index (χ1) is 7.83. The summed E-state index contributed by atoms with van der Waals surface area (Å²) in [5.41, 5.74) is 2.23. The Balaban J connectivity index is 2.05. The molecule has 1 N–H and O–H groups in total. The number of aromatic hydroxyl groups is 1. The number of nitrogens with zero attached hydrogens (tertiary/aromatic N) is 1. The van der Waals surface area contributed by atoms with Crippen molar-refractivity contribution in [3.63, 3.8) is 0 Å². The Morgan fingerprint density at radius 2 is 1.94 bits per heavy atom. The number of pyridine rings is 1. The summed E-state index contributed by atoms with van der Waals surface area (Å²) >= 11 is 0. The zero-order valence-corrected chi connectivity index (χ0v) is 9.19. The minimum absolute atomic E-state index is 0.286. The van der Waals surface area contributed by atoms with E-state index in [0.29, 0.717) is 5.92 Å². The molecule has 1 aromatic heterocycles. The van der Waals surface area contributed by atoms with Crippen molar-refractivity contribution in [3.8, 4) is 5.75 Å². The molecular weight excluding hydrogens is 198 g/mol. The lowest BCUT2D eigenvalue weighted by Gasteiger charge is -2.09. The van der Waals surface area contributed by atoms with Crippen molar-refractivity contribution in [1.29, 1.82) is 0 Å². The van der Waals surface area contributed by atoms with Gasteiger partial charge in [0.25, 0.3) is 0 Å². The molecule has 1 aliphatic rings. The number of hydrogen-bond donors (Lipinski definition) is 1. The molecule has 0 atom stereocenters. The topological polar surface area (TPSA) is 33.1 Å². The molecule has 1 heterocycles. The molecule has 0 spiro atoms. The summed E-state index contributed by atoms with van der Waals surface area (Å²) in [6.45, 7) is 0. The smallest absolute Gasteiger partial charge is 0.117 e. The lowest BCUT2D eigenvalue weighted by atomic mass is 9.98. The Morgan fingerprint density at radius 1 is 1.12 bits per heavy atom. The zero-order chi connectivity index (χ0) is 11.0. The highest BCUT2D eigenvalue weighted by molar-refractivity contribution is 5.80. The van der Waals surface area contributed by atoms with Crippen molar-refractivity contribution in [2.75, 3.05) is 0 Å². The molecule has 82 valence electrons. The SMILES string of the molecule is Oc1ccc2cc(C3CCCC3)cnc2c1. The third-order valence-corrected chi connectivity index (χ3v) is 3.52. The molecule has 0 unspecified atom stereocenters. The van der Waals surface area contributed by atoms with E-state index in [1.165, 1.54) is 31.2 Å². The van der Waals surface area contributed by atoms with Gasteiger partial charge in [-0.25, -0.2) is 0 Å². The minimum atomic E-state index is 0.286. The van der Waals surface area contributed by atoms with Gasteiger partial charge in [-0.2, -0.15) is 0 Å². The van der Waals surface area contributed by atoms with Crippen molar-refractivity contribution in [2.24, 2.45) is 0 Å². The lowest BCUT2D eigenvalue weighted by Crippen LogP contribution is -1.93. The van der Waals surface area contributed by atoms with Gasteiger partial charge in [0, 0.05) is 17.6 Å². The van der Waals surface area contributed by atoms with Gasteiger partial charge in [0.2, 0.25) is 0 Å². The molecule has 2 aromatic rings. The molecule has 2 heteroatoms. The summed E-state index contributed by atoms with van der Waals surface area (Å²) < 4.78 is 0. The molecule has 0 saturated heterocycles. The monoisotopic (exact) mass is 213 g/mol. The molecule has 16 heavy (non-hydrogen) atoms. The van der Waals surface area contributed by atoms with E-state index in [1.54, 1.807) is 12.1 Å². The van der Waals surface area contributed by atoms with Gasteiger partial charge in [-0.1, -0.05) is 12.8 Å². The van der Waals surface area contributed by atoms with Crippen LogP contribution in [0.3, 0.4) is 0 Å². The van der Waals surface area contributed by atoms with E-state index in [9.17, 15) is 5.11 Å². The largest absolute Gasteiger partial charge is 0.508 e. The summed E-state index contributed by atoms with van der Waals surface area (Å²) in [4.78, 5) is 4.43. The number of aromatic nitrogens is 1. The fourth-order valence-electron chi connectivity index (χ4n) is 2.61. The molecule has 1 saturated carbocycles. The van der Waals surface area contributed by atoms with Crippen LogP contribution < -0.4 is 0 Å². The second-order valence-corrected chi connectivity index (χ2v) is 4.63. The van der Waals surface area contributed by atoms with Crippen LogP contribution in [0.2, 0.25) is 0 Å². The van der Waals surface area contributed by atoms with Crippen molar-refractivity contribution >= 4 is 10.9 Å². The second-order valence-electron chi connectivity index (χ2n) is 4.63. The number of rotatable bonds is 1. The van der Waals surface area contributed by atoms with E-state index in [2.05, 4.69) is 11.1 Å². The van der Waals surface area contributed by atoms with Crippen molar-refractivity contribution in [3.05, 3.63) is 36.0 Å². The van der Waals surface area contributed by atoms with Gasteiger partial charge in [0.05, 0.1) is 5.52 Å². The molecule has 0 aliphatic heterocycles. The van der Waals surface area contributed by atoms with Gasteiger partial charge < -0.3 is 5.11 Å². The lowest BCUT2D eigenvalue weighted by molar-refractivity contribution is 0.476. The highest BCUT2D eigenvalue weighted by Gasteiger charge is 2.17.